The second kappa shape index (κ2) is 5.32. The molecule has 2 fully saturated rings. The Hall–Kier alpha value is -1.75. The number of para-hydroxylation sites is 1. The average molecular weight is 294 g/mol. The van der Waals surface area contributed by atoms with E-state index >= 15 is 0 Å². The number of hydrogen-bond acceptors (Lipinski definition) is 4. The van der Waals surface area contributed by atoms with Crippen molar-refractivity contribution in [1.29, 1.82) is 0 Å². The fraction of sp³-hybridized carbons (Fsp3) is 0.429. The lowest BCUT2D eigenvalue weighted by molar-refractivity contribution is -0.140. The molecule has 1 aliphatic carbocycles. The molecule has 3 rings (SSSR count). The van der Waals surface area contributed by atoms with E-state index in [0.29, 0.717) is 17.7 Å². The van der Waals surface area contributed by atoms with Crippen LogP contribution in [0.25, 0.3) is 0 Å². The molecular formula is C14H16ClN3O2. The molecule has 1 aromatic rings. The van der Waals surface area contributed by atoms with Crippen LogP contribution in [-0.2, 0) is 9.63 Å². The van der Waals surface area contributed by atoms with Gasteiger partial charge in [0, 0.05) is 24.7 Å². The number of carbonyl (C=O) groups is 1. The van der Waals surface area contributed by atoms with Crippen molar-refractivity contribution in [3.63, 3.8) is 0 Å². The van der Waals surface area contributed by atoms with Crippen molar-refractivity contribution in [1.82, 2.24) is 0 Å². The molecule has 106 valence electrons. The fourth-order valence-electron chi connectivity index (χ4n) is 3.00. The maximum atomic E-state index is 10.9. The van der Waals surface area contributed by atoms with Gasteiger partial charge in [-0.05, 0) is 24.0 Å². The SMILES string of the molecule is N/C(=N\OC(=O)CCl)C1[C@H]2CN(c3ccccc3)C[C@@H]12. The molecule has 6 heteroatoms. The molecule has 0 spiro atoms. The Bertz CT molecular complexity index is 522. The second-order valence-corrected chi connectivity index (χ2v) is 5.47. The number of rotatable bonds is 4. The molecule has 1 heterocycles. The minimum atomic E-state index is -0.577. The van der Waals surface area contributed by atoms with Crippen LogP contribution in [0.4, 0.5) is 5.69 Å². The molecule has 1 saturated heterocycles. The van der Waals surface area contributed by atoms with E-state index in [9.17, 15) is 4.79 Å². The van der Waals surface area contributed by atoms with Gasteiger partial charge in [0.15, 0.2) is 0 Å². The van der Waals surface area contributed by atoms with Crippen LogP contribution in [0.2, 0.25) is 0 Å². The Morgan fingerprint density at radius 3 is 2.60 bits per heavy atom. The zero-order valence-electron chi connectivity index (χ0n) is 10.9. The van der Waals surface area contributed by atoms with Gasteiger partial charge in [0.1, 0.15) is 11.7 Å². The largest absolute Gasteiger partial charge is 0.384 e. The van der Waals surface area contributed by atoms with Crippen LogP contribution in [0.15, 0.2) is 35.5 Å². The first-order chi connectivity index (χ1) is 9.70. The first kappa shape index (κ1) is 13.2. The Kier molecular flexibility index (Phi) is 3.53. The van der Waals surface area contributed by atoms with Crippen LogP contribution in [0.3, 0.4) is 0 Å². The van der Waals surface area contributed by atoms with Crippen molar-refractivity contribution >= 4 is 29.1 Å². The van der Waals surface area contributed by atoms with Crippen LogP contribution >= 0.6 is 11.6 Å². The number of carbonyl (C=O) groups excluding carboxylic acids is 1. The molecule has 1 aliphatic heterocycles. The molecule has 2 aliphatic rings. The Balaban J connectivity index is 1.56. The molecule has 5 nitrogen and oxygen atoms in total. The summed E-state index contributed by atoms with van der Waals surface area (Å²) in [5.41, 5.74) is 7.11. The van der Waals surface area contributed by atoms with Gasteiger partial charge >= 0.3 is 5.97 Å². The summed E-state index contributed by atoms with van der Waals surface area (Å²) in [5.74, 6) is 0.869. The van der Waals surface area contributed by atoms with Crippen LogP contribution in [0.1, 0.15) is 0 Å². The van der Waals surface area contributed by atoms with Crippen LogP contribution < -0.4 is 10.6 Å². The van der Waals surface area contributed by atoms with Gasteiger partial charge in [-0.3, -0.25) is 0 Å². The zero-order chi connectivity index (χ0) is 14.1. The molecule has 1 saturated carbocycles. The lowest BCUT2D eigenvalue weighted by atomic mass is 10.2. The van der Waals surface area contributed by atoms with Gasteiger partial charge in [-0.2, -0.15) is 0 Å². The van der Waals surface area contributed by atoms with Gasteiger partial charge in [-0.25, -0.2) is 4.79 Å². The lowest BCUT2D eigenvalue weighted by Gasteiger charge is -2.21. The van der Waals surface area contributed by atoms with E-state index in [0.717, 1.165) is 13.1 Å². The molecule has 0 radical (unpaired) electrons. The number of fused-ring (bicyclic) bond motifs is 1. The minimum absolute atomic E-state index is 0.212. The van der Waals surface area contributed by atoms with Crippen LogP contribution in [-0.4, -0.2) is 30.8 Å². The highest BCUT2D eigenvalue weighted by Crippen LogP contribution is 2.52. The summed E-state index contributed by atoms with van der Waals surface area (Å²) in [6.45, 7) is 1.94. The Morgan fingerprint density at radius 2 is 2.00 bits per heavy atom. The molecule has 2 N–H and O–H groups in total. The normalized spacial score (nSPS) is 28.1. The highest BCUT2D eigenvalue weighted by Gasteiger charge is 2.58. The lowest BCUT2D eigenvalue weighted by Crippen LogP contribution is -2.28. The van der Waals surface area contributed by atoms with E-state index in [2.05, 4.69) is 27.0 Å². The third kappa shape index (κ3) is 2.45. The van der Waals surface area contributed by atoms with Crippen molar-refractivity contribution in [2.75, 3.05) is 23.9 Å². The first-order valence-corrected chi connectivity index (χ1v) is 7.13. The Morgan fingerprint density at radius 1 is 1.35 bits per heavy atom. The molecule has 3 atom stereocenters. The molecule has 0 aromatic heterocycles. The van der Waals surface area contributed by atoms with Gasteiger partial charge in [-0.15, -0.1) is 11.6 Å². The van der Waals surface area contributed by atoms with E-state index in [1.54, 1.807) is 0 Å². The number of hydrogen-bond donors (Lipinski definition) is 1. The third-order valence-corrected chi connectivity index (χ3v) is 4.24. The third-order valence-electron chi connectivity index (χ3n) is 4.02. The summed E-state index contributed by atoms with van der Waals surface area (Å²) < 4.78 is 0. The zero-order valence-corrected chi connectivity index (χ0v) is 11.7. The summed E-state index contributed by atoms with van der Waals surface area (Å²) in [6, 6.07) is 10.3. The topological polar surface area (TPSA) is 67.9 Å². The molecule has 1 unspecified atom stereocenters. The van der Waals surface area contributed by atoms with Crippen molar-refractivity contribution in [3.05, 3.63) is 30.3 Å². The van der Waals surface area contributed by atoms with E-state index in [1.165, 1.54) is 5.69 Å². The van der Waals surface area contributed by atoms with Crippen LogP contribution in [0.5, 0.6) is 0 Å². The standard InChI is InChI=1S/C14H16ClN3O2/c15-6-12(19)20-17-14(16)13-10-7-18(8-11(10)13)9-4-2-1-3-5-9/h1-5,10-11,13H,6-8H2,(H2,16,17)/t10-,11+,13?. The van der Waals surface area contributed by atoms with Gasteiger partial charge in [0.25, 0.3) is 0 Å². The number of amidine groups is 1. The average Bonchev–Trinajstić information content (AvgIpc) is 2.99. The van der Waals surface area contributed by atoms with Crippen LogP contribution in [0, 0.1) is 17.8 Å². The number of piperidine rings is 1. The van der Waals surface area contributed by atoms with Crippen molar-refractivity contribution in [2.45, 2.75) is 0 Å². The van der Waals surface area contributed by atoms with E-state index in [4.69, 9.17) is 17.3 Å². The maximum Gasteiger partial charge on any atom is 0.349 e. The summed E-state index contributed by atoms with van der Waals surface area (Å²) in [4.78, 5) is 17.9. The molecule has 1 aromatic carbocycles. The minimum Gasteiger partial charge on any atom is -0.384 e. The highest BCUT2D eigenvalue weighted by atomic mass is 35.5. The van der Waals surface area contributed by atoms with Crippen molar-refractivity contribution in [2.24, 2.45) is 28.6 Å². The number of anilines is 1. The Labute approximate surface area is 122 Å². The van der Waals surface area contributed by atoms with Crippen molar-refractivity contribution in [3.8, 4) is 0 Å². The quantitative estimate of drug-likeness (QED) is 0.300. The molecule has 20 heavy (non-hydrogen) atoms. The number of benzene rings is 1. The predicted octanol–water partition coefficient (Wildman–Crippen LogP) is 1.42. The van der Waals surface area contributed by atoms with E-state index in [1.807, 2.05) is 18.2 Å². The van der Waals surface area contributed by atoms with Gasteiger partial charge in [0.05, 0.1) is 0 Å². The first-order valence-electron chi connectivity index (χ1n) is 6.60. The summed E-state index contributed by atoms with van der Waals surface area (Å²) in [5, 5.41) is 3.68. The summed E-state index contributed by atoms with van der Waals surface area (Å²) >= 11 is 5.32. The number of oxime groups is 1. The van der Waals surface area contributed by atoms with E-state index in [-0.39, 0.29) is 11.8 Å². The van der Waals surface area contributed by atoms with E-state index < -0.39 is 5.97 Å². The highest BCUT2D eigenvalue weighted by molar-refractivity contribution is 6.26. The summed E-state index contributed by atoms with van der Waals surface area (Å²) in [6.07, 6.45) is 0. The number of nitrogens with zero attached hydrogens (tertiary/aromatic N) is 2. The maximum absolute atomic E-state index is 10.9. The second-order valence-electron chi connectivity index (χ2n) is 5.21. The van der Waals surface area contributed by atoms with Gasteiger partial charge in [-0.1, -0.05) is 23.4 Å². The van der Waals surface area contributed by atoms with Gasteiger partial charge < -0.3 is 15.5 Å². The molecule has 0 bridgehead atoms. The van der Waals surface area contributed by atoms with Gasteiger partial charge in [0.2, 0.25) is 0 Å². The van der Waals surface area contributed by atoms with Crippen molar-refractivity contribution < 1.29 is 9.63 Å². The monoisotopic (exact) mass is 293 g/mol. The molecule has 0 amide bonds. The predicted molar refractivity (Wildman–Crippen MR) is 77.6 cm³/mol. The number of halogens is 1. The molecular weight excluding hydrogens is 278 g/mol. The number of nitrogens with two attached hydrogens (primary N) is 1. The fourth-order valence-corrected chi connectivity index (χ4v) is 3.05. The number of alkyl halides is 1. The smallest absolute Gasteiger partial charge is 0.349 e. The summed E-state index contributed by atoms with van der Waals surface area (Å²) in [7, 11) is 0.